The molecule has 0 amide bonds. The zero-order valence-corrected chi connectivity index (χ0v) is 8.84. The molecule has 1 heterocycles. The van der Waals surface area contributed by atoms with Crippen molar-refractivity contribution in [1.82, 2.24) is 9.97 Å². The predicted molar refractivity (Wildman–Crippen MR) is 54.6 cm³/mol. The Morgan fingerprint density at radius 1 is 1.29 bits per heavy atom. The maximum absolute atomic E-state index is 12.4. The van der Waals surface area contributed by atoms with Gasteiger partial charge < -0.3 is 5.32 Å². The van der Waals surface area contributed by atoms with E-state index in [1.807, 2.05) is 0 Å². The molecule has 0 saturated heterocycles. The lowest BCUT2D eigenvalue weighted by atomic mass is 9.92. The second-order valence-corrected chi connectivity index (χ2v) is 4.46. The highest BCUT2D eigenvalue weighted by atomic mass is 19.1. The molecule has 78 valence electrons. The lowest BCUT2D eigenvalue weighted by Crippen LogP contribution is -2.14. The van der Waals surface area contributed by atoms with Gasteiger partial charge in [0.2, 0.25) is 5.95 Å². The van der Waals surface area contributed by atoms with Gasteiger partial charge in [0.05, 0.1) is 12.4 Å². The van der Waals surface area contributed by atoms with E-state index in [-0.39, 0.29) is 5.41 Å². The smallest absolute Gasteiger partial charge is 0.222 e. The third-order valence-corrected chi connectivity index (χ3v) is 1.78. The second-order valence-electron chi connectivity index (χ2n) is 4.46. The van der Waals surface area contributed by atoms with Crippen molar-refractivity contribution in [3.05, 3.63) is 18.2 Å². The molecule has 4 heteroatoms. The molecule has 1 N–H and O–H groups in total. The third-order valence-electron chi connectivity index (χ3n) is 1.78. The fraction of sp³-hybridized carbons (Fsp3) is 0.600. The van der Waals surface area contributed by atoms with Crippen molar-refractivity contribution in [2.45, 2.75) is 27.2 Å². The Morgan fingerprint density at radius 3 is 2.36 bits per heavy atom. The van der Waals surface area contributed by atoms with Gasteiger partial charge >= 0.3 is 0 Å². The molecule has 14 heavy (non-hydrogen) atoms. The fourth-order valence-corrected chi connectivity index (χ4v) is 0.953. The Kier molecular flexibility index (Phi) is 3.38. The van der Waals surface area contributed by atoms with Crippen molar-refractivity contribution in [2.24, 2.45) is 5.41 Å². The van der Waals surface area contributed by atoms with Crippen LogP contribution in [0, 0.1) is 11.2 Å². The van der Waals surface area contributed by atoms with E-state index in [1.165, 1.54) is 0 Å². The van der Waals surface area contributed by atoms with Gasteiger partial charge in [-0.1, -0.05) is 20.8 Å². The van der Waals surface area contributed by atoms with E-state index in [4.69, 9.17) is 0 Å². The normalized spacial score (nSPS) is 11.4. The number of nitrogens with one attached hydrogen (secondary N) is 1. The number of rotatable bonds is 3. The van der Waals surface area contributed by atoms with Gasteiger partial charge in [-0.15, -0.1) is 0 Å². The Hall–Kier alpha value is -1.19. The molecular weight excluding hydrogens is 181 g/mol. The van der Waals surface area contributed by atoms with Crippen LogP contribution in [-0.2, 0) is 0 Å². The van der Waals surface area contributed by atoms with E-state index in [1.54, 1.807) is 0 Å². The predicted octanol–water partition coefficient (Wildman–Crippen LogP) is 2.46. The first-order valence-corrected chi connectivity index (χ1v) is 4.69. The van der Waals surface area contributed by atoms with Gasteiger partial charge in [-0.25, -0.2) is 14.4 Å². The van der Waals surface area contributed by atoms with Crippen LogP contribution >= 0.6 is 0 Å². The number of halogens is 1. The van der Waals surface area contributed by atoms with Gasteiger partial charge in [0.1, 0.15) is 0 Å². The Morgan fingerprint density at radius 2 is 1.86 bits per heavy atom. The zero-order chi connectivity index (χ0) is 10.6. The van der Waals surface area contributed by atoms with Crippen molar-refractivity contribution in [2.75, 3.05) is 11.9 Å². The molecule has 0 aliphatic heterocycles. The highest BCUT2D eigenvalue weighted by molar-refractivity contribution is 5.21. The van der Waals surface area contributed by atoms with E-state index in [0.29, 0.717) is 5.95 Å². The van der Waals surface area contributed by atoms with Gasteiger partial charge in [0.15, 0.2) is 5.82 Å². The average Bonchev–Trinajstić information content (AvgIpc) is 2.06. The Bertz CT molecular complexity index is 276. The minimum Gasteiger partial charge on any atom is -0.354 e. The van der Waals surface area contributed by atoms with Crippen LogP contribution in [0.15, 0.2) is 12.4 Å². The Balaban J connectivity index is 2.35. The molecule has 0 atom stereocenters. The van der Waals surface area contributed by atoms with Crippen LogP contribution in [0.1, 0.15) is 27.2 Å². The standard InChI is InChI=1S/C10H16FN3/c1-10(2,3)4-5-12-9-13-6-8(11)7-14-9/h6-7H,4-5H2,1-3H3,(H,12,13,14). The van der Waals surface area contributed by atoms with Crippen LogP contribution in [0.5, 0.6) is 0 Å². The van der Waals surface area contributed by atoms with E-state index < -0.39 is 5.82 Å². The van der Waals surface area contributed by atoms with Gasteiger partial charge in [-0.2, -0.15) is 0 Å². The summed E-state index contributed by atoms with van der Waals surface area (Å²) >= 11 is 0. The van der Waals surface area contributed by atoms with Gasteiger partial charge in [-0.3, -0.25) is 0 Å². The number of nitrogens with zero attached hydrogens (tertiary/aromatic N) is 2. The molecular formula is C10H16FN3. The van der Waals surface area contributed by atoms with E-state index in [2.05, 4.69) is 36.1 Å². The SMILES string of the molecule is CC(C)(C)CCNc1ncc(F)cn1. The molecule has 1 aromatic heterocycles. The lowest BCUT2D eigenvalue weighted by Gasteiger charge is -2.17. The van der Waals surface area contributed by atoms with Gasteiger partial charge in [0.25, 0.3) is 0 Å². The average molecular weight is 197 g/mol. The highest BCUT2D eigenvalue weighted by Crippen LogP contribution is 2.17. The monoisotopic (exact) mass is 197 g/mol. The summed E-state index contributed by atoms with van der Waals surface area (Å²) in [5.74, 6) is 0.0713. The topological polar surface area (TPSA) is 37.8 Å². The van der Waals surface area contributed by atoms with Crippen LogP contribution < -0.4 is 5.32 Å². The summed E-state index contributed by atoms with van der Waals surface area (Å²) in [6.45, 7) is 7.30. The summed E-state index contributed by atoms with van der Waals surface area (Å²) in [7, 11) is 0. The van der Waals surface area contributed by atoms with Crippen molar-refractivity contribution < 1.29 is 4.39 Å². The molecule has 0 saturated carbocycles. The molecule has 1 rings (SSSR count). The highest BCUT2D eigenvalue weighted by Gasteiger charge is 2.09. The molecule has 0 unspecified atom stereocenters. The van der Waals surface area contributed by atoms with E-state index in [0.717, 1.165) is 25.4 Å². The lowest BCUT2D eigenvalue weighted by molar-refractivity contribution is 0.389. The largest absolute Gasteiger partial charge is 0.354 e. The van der Waals surface area contributed by atoms with Crippen molar-refractivity contribution in [3.8, 4) is 0 Å². The Labute approximate surface area is 83.8 Å². The van der Waals surface area contributed by atoms with Crippen LogP contribution in [0.4, 0.5) is 10.3 Å². The molecule has 0 spiro atoms. The molecule has 0 aliphatic carbocycles. The number of anilines is 1. The van der Waals surface area contributed by atoms with Gasteiger partial charge in [-0.05, 0) is 11.8 Å². The zero-order valence-electron chi connectivity index (χ0n) is 8.84. The number of aromatic nitrogens is 2. The quantitative estimate of drug-likeness (QED) is 0.808. The summed E-state index contributed by atoms with van der Waals surface area (Å²) in [6, 6.07) is 0. The first kappa shape index (κ1) is 10.9. The molecule has 3 nitrogen and oxygen atoms in total. The van der Waals surface area contributed by atoms with Crippen LogP contribution in [-0.4, -0.2) is 16.5 Å². The van der Waals surface area contributed by atoms with E-state index in [9.17, 15) is 4.39 Å². The maximum Gasteiger partial charge on any atom is 0.222 e. The molecule has 0 bridgehead atoms. The van der Waals surface area contributed by atoms with E-state index >= 15 is 0 Å². The minimum atomic E-state index is -0.411. The van der Waals surface area contributed by atoms with Crippen molar-refractivity contribution >= 4 is 5.95 Å². The second kappa shape index (κ2) is 4.35. The number of hydrogen-bond donors (Lipinski definition) is 1. The van der Waals surface area contributed by atoms with Crippen molar-refractivity contribution in [3.63, 3.8) is 0 Å². The maximum atomic E-state index is 12.4. The summed E-state index contributed by atoms with van der Waals surface area (Å²) < 4.78 is 12.4. The molecule has 0 radical (unpaired) electrons. The molecule has 0 fully saturated rings. The summed E-state index contributed by atoms with van der Waals surface area (Å²) in [6.07, 6.45) is 3.34. The first-order valence-electron chi connectivity index (χ1n) is 4.69. The molecule has 0 aromatic carbocycles. The molecule has 0 aliphatic rings. The van der Waals surface area contributed by atoms with Crippen LogP contribution in [0.3, 0.4) is 0 Å². The van der Waals surface area contributed by atoms with Crippen LogP contribution in [0.2, 0.25) is 0 Å². The third kappa shape index (κ3) is 4.16. The minimum absolute atomic E-state index is 0.285. The van der Waals surface area contributed by atoms with Crippen molar-refractivity contribution in [1.29, 1.82) is 0 Å². The van der Waals surface area contributed by atoms with Crippen LogP contribution in [0.25, 0.3) is 0 Å². The summed E-state index contributed by atoms with van der Waals surface area (Å²) in [5, 5.41) is 3.04. The summed E-state index contributed by atoms with van der Waals surface area (Å²) in [5.41, 5.74) is 0.285. The molecule has 1 aromatic rings. The van der Waals surface area contributed by atoms with Gasteiger partial charge in [0, 0.05) is 6.54 Å². The first-order chi connectivity index (χ1) is 6.47. The summed E-state index contributed by atoms with van der Waals surface area (Å²) in [4.78, 5) is 7.60. The fourth-order valence-electron chi connectivity index (χ4n) is 0.953. The number of hydrogen-bond acceptors (Lipinski definition) is 3.